The van der Waals surface area contributed by atoms with Gasteiger partial charge in [0.15, 0.2) is 5.13 Å². The number of ether oxygens (including phenoxy) is 1. The molecule has 1 fully saturated rings. The minimum absolute atomic E-state index is 0.222. The number of thiazole rings is 1. The summed E-state index contributed by atoms with van der Waals surface area (Å²) in [6, 6.07) is 0. The first-order valence-corrected chi connectivity index (χ1v) is 9.25. The molecule has 2 heterocycles. The van der Waals surface area contributed by atoms with Gasteiger partial charge in [0.1, 0.15) is 5.41 Å². The molecule has 1 aliphatic heterocycles. The van der Waals surface area contributed by atoms with E-state index >= 15 is 0 Å². The highest BCUT2D eigenvalue weighted by Gasteiger charge is 2.34. The molecule has 1 aromatic rings. The summed E-state index contributed by atoms with van der Waals surface area (Å²) in [6.07, 6.45) is 2.54. The molecule has 2 rings (SSSR count). The van der Waals surface area contributed by atoms with Gasteiger partial charge >= 0.3 is 5.97 Å². The fourth-order valence-electron chi connectivity index (χ4n) is 2.30. The van der Waals surface area contributed by atoms with E-state index in [1.807, 2.05) is 37.9 Å². The van der Waals surface area contributed by atoms with Crippen LogP contribution in [0.5, 0.6) is 0 Å². The van der Waals surface area contributed by atoms with Gasteiger partial charge in [0, 0.05) is 16.7 Å². The number of carbonyl (C=O) groups excluding carboxylic acids is 1. The van der Waals surface area contributed by atoms with Gasteiger partial charge in [-0.1, -0.05) is 0 Å². The van der Waals surface area contributed by atoms with Crippen molar-refractivity contribution < 1.29 is 9.53 Å². The average molecular weight is 329 g/mol. The number of hydrogen-bond acceptors (Lipinski definition) is 6. The number of hydrogen-bond donors (Lipinski definition) is 1. The molecule has 21 heavy (non-hydrogen) atoms. The second-order valence-corrected chi connectivity index (χ2v) is 8.68. The molecule has 0 aromatic carbocycles. The smallest absolute Gasteiger partial charge is 0.317 e. The lowest BCUT2D eigenvalue weighted by atomic mass is 9.90. The van der Waals surface area contributed by atoms with E-state index < -0.39 is 5.41 Å². The third kappa shape index (κ3) is 3.92. The van der Waals surface area contributed by atoms with Crippen LogP contribution in [0.3, 0.4) is 0 Å². The topological polar surface area (TPSA) is 51.2 Å². The SMILES string of the molecule is CCOC(=O)C(C)(C)c1csc(NCC2(C)CCCS2)n1. The van der Waals surface area contributed by atoms with Crippen molar-refractivity contribution in [1.82, 2.24) is 4.98 Å². The molecule has 1 unspecified atom stereocenters. The summed E-state index contributed by atoms with van der Waals surface area (Å²) in [5.74, 6) is 1.03. The van der Waals surface area contributed by atoms with Crippen LogP contribution < -0.4 is 5.32 Å². The number of thioether (sulfide) groups is 1. The van der Waals surface area contributed by atoms with Gasteiger partial charge < -0.3 is 10.1 Å². The minimum atomic E-state index is -0.696. The van der Waals surface area contributed by atoms with Crippen molar-refractivity contribution in [3.05, 3.63) is 11.1 Å². The van der Waals surface area contributed by atoms with E-state index in [2.05, 4.69) is 17.2 Å². The third-order valence-corrected chi connectivity index (χ3v) is 6.18. The molecule has 1 aromatic heterocycles. The maximum absolute atomic E-state index is 12.0. The zero-order chi connectivity index (χ0) is 15.5. The Morgan fingerprint density at radius 3 is 2.95 bits per heavy atom. The maximum Gasteiger partial charge on any atom is 0.317 e. The molecule has 0 saturated carbocycles. The zero-order valence-electron chi connectivity index (χ0n) is 13.2. The summed E-state index contributed by atoms with van der Waals surface area (Å²) in [5, 5.41) is 6.26. The Bertz CT molecular complexity index is 494. The van der Waals surface area contributed by atoms with E-state index in [0.717, 1.165) is 17.4 Å². The highest BCUT2D eigenvalue weighted by molar-refractivity contribution is 8.00. The molecule has 1 saturated heterocycles. The number of carbonyl (C=O) groups is 1. The summed E-state index contributed by atoms with van der Waals surface area (Å²) in [5.41, 5.74) is 0.0796. The van der Waals surface area contributed by atoms with Crippen LogP contribution in [0.1, 0.15) is 46.2 Å². The molecule has 0 amide bonds. The van der Waals surface area contributed by atoms with Crippen molar-refractivity contribution in [2.45, 2.75) is 50.7 Å². The van der Waals surface area contributed by atoms with Crippen LogP contribution in [0.4, 0.5) is 5.13 Å². The zero-order valence-corrected chi connectivity index (χ0v) is 14.8. The van der Waals surface area contributed by atoms with Gasteiger partial charge in [0.05, 0.1) is 12.3 Å². The molecule has 4 nitrogen and oxygen atoms in total. The molecule has 118 valence electrons. The highest BCUT2D eigenvalue weighted by Crippen LogP contribution is 2.38. The van der Waals surface area contributed by atoms with E-state index in [9.17, 15) is 4.79 Å². The normalized spacial score (nSPS) is 22.3. The van der Waals surface area contributed by atoms with Crippen molar-refractivity contribution in [3.8, 4) is 0 Å². The highest BCUT2D eigenvalue weighted by atomic mass is 32.2. The second-order valence-electron chi connectivity index (χ2n) is 6.14. The van der Waals surface area contributed by atoms with E-state index in [1.54, 1.807) is 11.3 Å². The number of aromatic nitrogens is 1. The standard InChI is InChI=1S/C15H24N2O2S2/c1-5-19-12(18)14(2,3)11-9-20-13(17-11)16-10-15(4)7-6-8-21-15/h9H,5-8,10H2,1-4H3,(H,16,17). The summed E-state index contributed by atoms with van der Waals surface area (Å²) >= 11 is 3.58. The van der Waals surface area contributed by atoms with Crippen LogP contribution >= 0.6 is 23.1 Å². The van der Waals surface area contributed by atoms with Gasteiger partial charge in [-0.2, -0.15) is 11.8 Å². The van der Waals surface area contributed by atoms with Crippen LogP contribution in [0.15, 0.2) is 5.38 Å². The first kappa shape index (κ1) is 16.6. The first-order valence-electron chi connectivity index (χ1n) is 7.38. The number of rotatable bonds is 6. The summed E-state index contributed by atoms with van der Waals surface area (Å²) < 4.78 is 5.44. The Balaban J connectivity index is 1.99. The quantitative estimate of drug-likeness (QED) is 0.807. The summed E-state index contributed by atoms with van der Waals surface area (Å²) in [6.45, 7) is 9.16. The van der Waals surface area contributed by atoms with Gasteiger partial charge in [0.25, 0.3) is 0 Å². The molecule has 1 N–H and O–H groups in total. The van der Waals surface area contributed by atoms with Crippen LogP contribution in [-0.4, -0.2) is 34.6 Å². The predicted molar refractivity (Wildman–Crippen MR) is 90.4 cm³/mol. The number of esters is 1. The minimum Gasteiger partial charge on any atom is -0.465 e. The monoisotopic (exact) mass is 328 g/mol. The molecular formula is C15H24N2O2S2. The van der Waals surface area contributed by atoms with Crippen LogP contribution in [0.25, 0.3) is 0 Å². The second kappa shape index (κ2) is 6.57. The molecule has 0 aliphatic carbocycles. The number of anilines is 1. The molecule has 1 atom stereocenters. The lowest BCUT2D eigenvalue weighted by Gasteiger charge is -2.22. The summed E-state index contributed by atoms with van der Waals surface area (Å²) in [7, 11) is 0. The van der Waals surface area contributed by atoms with Crippen molar-refractivity contribution in [2.75, 3.05) is 24.2 Å². The van der Waals surface area contributed by atoms with Gasteiger partial charge in [0.2, 0.25) is 0 Å². The predicted octanol–water partition coefficient (Wildman–Crippen LogP) is 3.68. The van der Waals surface area contributed by atoms with Gasteiger partial charge in [-0.3, -0.25) is 4.79 Å². The van der Waals surface area contributed by atoms with Crippen molar-refractivity contribution >= 4 is 34.2 Å². The van der Waals surface area contributed by atoms with E-state index in [4.69, 9.17) is 4.74 Å². The Morgan fingerprint density at radius 2 is 2.33 bits per heavy atom. The molecule has 0 radical (unpaired) electrons. The van der Waals surface area contributed by atoms with Crippen molar-refractivity contribution in [3.63, 3.8) is 0 Å². The lowest BCUT2D eigenvalue weighted by molar-refractivity contribution is -0.148. The van der Waals surface area contributed by atoms with Crippen LogP contribution in [0, 0.1) is 0 Å². The van der Waals surface area contributed by atoms with Gasteiger partial charge in [-0.25, -0.2) is 4.98 Å². The van der Waals surface area contributed by atoms with E-state index in [0.29, 0.717) is 11.4 Å². The number of nitrogens with one attached hydrogen (secondary N) is 1. The summed E-state index contributed by atoms with van der Waals surface area (Å²) in [4.78, 5) is 16.6. The largest absolute Gasteiger partial charge is 0.465 e. The van der Waals surface area contributed by atoms with E-state index in [-0.39, 0.29) is 5.97 Å². The van der Waals surface area contributed by atoms with Gasteiger partial charge in [-0.05, 0) is 46.3 Å². The average Bonchev–Trinajstić information content (AvgIpc) is 3.06. The molecular weight excluding hydrogens is 304 g/mol. The van der Waals surface area contributed by atoms with Crippen LogP contribution in [0.2, 0.25) is 0 Å². The molecule has 0 bridgehead atoms. The Kier molecular flexibility index (Phi) is 5.20. The Morgan fingerprint density at radius 1 is 1.57 bits per heavy atom. The maximum atomic E-state index is 12.0. The Hall–Kier alpha value is -0.750. The molecule has 6 heteroatoms. The lowest BCUT2D eigenvalue weighted by Crippen LogP contribution is -2.31. The first-order chi connectivity index (χ1) is 9.87. The Labute approximate surface area is 135 Å². The van der Waals surface area contributed by atoms with Crippen LogP contribution in [-0.2, 0) is 14.9 Å². The van der Waals surface area contributed by atoms with Crippen molar-refractivity contribution in [1.29, 1.82) is 0 Å². The molecule has 0 spiro atoms. The third-order valence-electron chi connectivity index (χ3n) is 3.84. The fourth-order valence-corrected chi connectivity index (χ4v) is 4.42. The van der Waals surface area contributed by atoms with Gasteiger partial charge in [-0.15, -0.1) is 11.3 Å². The number of nitrogens with zero attached hydrogens (tertiary/aromatic N) is 1. The fraction of sp³-hybridized carbons (Fsp3) is 0.733. The van der Waals surface area contributed by atoms with E-state index in [1.165, 1.54) is 18.6 Å². The molecule has 1 aliphatic rings. The van der Waals surface area contributed by atoms with Crippen molar-refractivity contribution in [2.24, 2.45) is 0 Å².